The minimum atomic E-state index is 0.136. The van der Waals surface area contributed by atoms with Gasteiger partial charge in [-0.25, -0.2) is 0 Å². The van der Waals surface area contributed by atoms with Gasteiger partial charge in [-0.2, -0.15) is 0 Å². The van der Waals surface area contributed by atoms with Gasteiger partial charge in [0.05, 0.1) is 0 Å². The topological polar surface area (TPSA) is 41.1 Å². The number of aryl methyl sites for hydroxylation is 1. The highest BCUT2D eigenvalue weighted by Gasteiger charge is 2.12. The Bertz CT molecular complexity index is 425. The van der Waals surface area contributed by atoms with Crippen molar-refractivity contribution in [2.45, 2.75) is 58.0 Å². The summed E-state index contributed by atoms with van der Waals surface area (Å²) in [5.41, 5.74) is 2.43. The Morgan fingerprint density at radius 1 is 1.20 bits per heavy atom. The fourth-order valence-electron chi connectivity index (χ4n) is 2.79. The molecule has 0 saturated heterocycles. The van der Waals surface area contributed by atoms with Crippen LogP contribution in [0.4, 0.5) is 0 Å². The lowest BCUT2D eigenvalue weighted by molar-refractivity contribution is -0.121. The second-order valence-corrected chi connectivity index (χ2v) is 5.74. The van der Waals surface area contributed by atoms with Crippen LogP contribution >= 0.6 is 0 Å². The van der Waals surface area contributed by atoms with Crippen molar-refractivity contribution < 1.29 is 4.79 Å². The van der Waals surface area contributed by atoms with E-state index in [0.717, 1.165) is 6.54 Å². The van der Waals surface area contributed by atoms with Crippen LogP contribution in [0, 0.1) is 6.92 Å². The van der Waals surface area contributed by atoms with Gasteiger partial charge >= 0.3 is 0 Å². The highest BCUT2D eigenvalue weighted by molar-refractivity contribution is 5.76. The van der Waals surface area contributed by atoms with Crippen molar-refractivity contribution >= 4 is 5.91 Å². The van der Waals surface area contributed by atoms with Crippen molar-refractivity contribution in [2.24, 2.45) is 0 Å². The summed E-state index contributed by atoms with van der Waals surface area (Å²) in [5, 5.41) is 6.50. The molecule has 1 aromatic rings. The molecule has 1 amide bonds. The van der Waals surface area contributed by atoms with E-state index in [1.807, 2.05) is 12.1 Å². The van der Waals surface area contributed by atoms with Gasteiger partial charge < -0.3 is 10.6 Å². The molecule has 110 valence electrons. The summed E-state index contributed by atoms with van der Waals surface area (Å²) in [6.45, 7) is 3.51. The average Bonchev–Trinajstić information content (AvgIpc) is 2.47. The monoisotopic (exact) mass is 274 g/mol. The van der Waals surface area contributed by atoms with Crippen molar-refractivity contribution in [1.82, 2.24) is 10.6 Å². The summed E-state index contributed by atoms with van der Waals surface area (Å²) in [6, 6.07) is 8.81. The van der Waals surface area contributed by atoms with Crippen molar-refractivity contribution in [3.05, 3.63) is 35.4 Å². The van der Waals surface area contributed by atoms with Crippen LogP contribution in [0.2, 0.25) is 0 Å². The lowest BCUT2D eigenvalue weighted by Gasteiger charge is -2.22. The minimum Gasteiger partial charge on any atom is -0.352 e. The van der Waals surface area contributed by atoms with Gasteiger partial charge in [-0.05, 0) is 30.9 Å². The maximum atomic E-state index is 11.8. The highest BCUT2D eigenvalue weighted by Crippen LogP contribution is 2.17. The molecule has 0 spiro atoms. The van der Waals surface area contributed by atoms with Crippen LogP contribution in [0.25, 0.3) is 0 Å². The van der Waals surface area contributed by atoms with Crippen molar-refractivity contribution in [1.29, 1.82) is 0 Å². The number of amides is 1. The molecule has 2 rings (SSSR count). The molecule has 1 saturated carbocycles. The van der Waals surface area contributed by atoms with Crippen LogP contribution in [0.15, 0.2) is 24.3 Å². The number of hydrogen-bond donors (Lipinski definition) is 2. The lowest BCUT2D eigenvalue weighted by Crippen LogP contribution is -2.34. The fourth-order valence-corrected chi connectivity index (χ4v) is 2.79. The largest absolute Gasteiger partial charge is 0.352 e. The van der Waals surface area contributed by atoms with Gasteiger partial charge in [0.2, 0.25) is 5.91 Å². The first-order valence-electron chi connectivity index (χ1n) is 7.80. The molecule has 3 nitrogen and oxygen atoms in total. The lowest BCUT2D eigenvalue weighted by atomic mass is 9.95. The van der Waals surface area contributed by atoms with Gasteiger partial charge in [-0.3, -0.25) is 4.79 Å². The van der Waals surface area contributed by atoms with E-state index in [0.29, 0.717) is 19.0 Å². The van der Waals surface area contributed by atoms with Crippen LogP contribution in [0.5, 0.6) is 0 Å². The third-order valence-corrected chi connectivity index (χ3v) is 4.13. The van der Waals surface area contributed by atoms with Gasteiger partial charge in [0.25, 0.3) is 0 Å². The number of benzene rings is 1. The first kappa shape index (κ1) is 15.0. The van der Waals surface area contributed by atoms with Gasteiger partial charge in [-0.1, -0.05) is 43.5 Å². The molecule has 20 heavy (non-hydrogen) atoms. The summed E-state index contributed by atoms with van der Waals surface area (Å²) in [7, 11) is 0. The smallest absolute Gasteiger partial charge is 0.221 e. The number of carbonyl (C=O) groups is 1. The Balaban J connectivity index is 1.62. The number of hydrogen-bond acceptors (Lipinski definition) is 2. The molecule has 1 aliphatic carbocycles. The standard InChI is InChI=1S/C17H26N2O/c1-14-7-5-6-8-15(14)13-19-17(20)11-12-18-16-9-3-2-4-10-16/h5-8,16,18H,2-4,9-13H2,1H3,(H,19,20). The first-order valence-corrected chi connectivity index (χ1v) is 7.80. The van der Waals surface area contributed by atoms with Gasteiger partial charge in [0.15, 0.2) is 0 Å². The van der Waals surface area contributed by atoms with Crippen LogP contribution in [-0.2, 0) is 11.3 Å². The molecule has 0 unspecified atom stereocenters. The maximum Gasteiger partial charge on any atom is 0.221 e. The SMILES string of the molecule is Cc1ccccc1CNC(=O)CCNC1CCCCC1. The number of nitrogens with one attached hydrogen (secondary N) is 2. The summed E-state index contributed by atoms with van der Waals surface area (Å²) < 4.78 is 0. The molecule has 0 bridgehead atoms. The van der Waals surface area contributed by atoms with Crippen LogP contribution in [0.3, 0.4) is 0 Å². The van der Waals surface area contributed by atoms with Crippen molar-refractivity contribution in [2.75, 3.05) is 6.54 Å². The quantitative estimate of drug-likeness (QED) is 0.837. The molecule has 0 heterocycles. The molecule has 1 fully saturated rings. The predicted octanol–water partition coefficient (Wildman–Crippen LogP) is 2.92. The van der Waals surface area contributed by atoms with E-state index in [-0.39, 0.29) is 5.91 Å². The zero-order valence-electron chi connectivity index (χ0n) is 12.5. The van der Waals surface area contributed by atoms with Crippen LogP contribution < -0.4 is 10.6 Å². The second-order valence-electron chi connectivity index (χ2n) is 5.74. The molecule has 0 atom stereocenters. The Labute approximate surface area is 122 Å². The number of rotatable bonds is 6. The van der Waals surface area contributed by atoms with E-state index in [2.05, 4.69) is 29.7 Å². The van der Waals surface area contributed by atoms with E-state index >= 15 is 0 Å². The molecule has 1 aromatic carbocycles. The number of carbonyl (C=O) groups excluding carboxylic acids is 1. The van der Waals surface area contributed by atoms with E-state index in [1.54, 1.807) is 0 Å². The van der Waals surface area contributed by atoms with Crippen LogP contribution in [-0.4, -0.2) is 18.5 Å². The Morgan fingerprint density at radius 2 is 1.95 bits per heavy atom. The van der Waals surface area contributed by atoms with Crippen molar-refractivity contribution in [3.63, 3.8) is 0 Å². The molecule has 0 radical (unpaired) electrons. The van der Waals surface area contributed by atoms with E-state index < -0.39 is 0 Å². The average molecular weight is 274 g/mol. The minimum absolute atomic E-state index is 0.136. The van der Waals surface area contributed by atoms with Gasteiger partial charge in [0.1, 0.15) is 0 Å². The second kappa shape index (κ2) is 8.05. The summed E-state index contributed by atoms with van der Waals surface area (Å²) in [5.74, 6) is 0.136. The van der Waals surface area contributed by atoms with E-state index in [1.165, 1.54) is 43.2 Å². The zero-order chi connectivity index (χ0) is 14.2. The summed E-state index contributed by atoms with van der Waals surface area (Å²) in [4.78, 5) is 11.8. The predicted molar refractivity (Wildman–Crippen MR) is 82.5 cm³/mol. The summed E-state index contributed by atoms with van der Waals surface area (Å²) >= 11 is 0. The summed E-state index contributed by atoms with van der Waals surface area (Å²) in [6.07, 6.45) is 7.14. The van der Waals surface area contributed by atoms with Crippen molar-refractivity contribution in [3.8, 4) is 0 Å². The maximum absolute atomic E-state index is 11.8. The Morgan fingerprint density at radius 3 is 2.70 bits per heavy atom. The highest BCUT2D eigenvalue weighted by atomic mass is 16.1. The Hall–Kier alpha value is -1.35. The fraction of sp³-hybridized carbons (Fsp3) is 0.588. The van der Waals surface area contributed by atoms with Gasteiger partial charge in [0, 0.05) is 25.6 Å². The molecule has 1 aliphatic rings. The van der Waals surface area contributed by atoms with E-state index in [4.69, 9.17) is 0 Å². The molecular weight excluding hydrogens is 248 g/mol. The third kappa shape index (κ3) is 4.97. The van der Waals surface area contributed by atoms with Crippen LogP contribution in [0.1, 0.15) is 49.7 Å². The molecule has 2 N–H and O–H groups in total. The normalized spacial score (nSPS) is 16.1. The first-order chi connectivity index (χ1) is 9.75. The zero-order valence-corrected chi connectivity index (χ0v) is 12.5. The Kier molecular flexibility index (Phi) is 6.06. The molecule has 0 aromatic heterocycles. The van der Waals surface area contributed by atoms with Gasteiger partial charge in [-0.15, -0.1) is 0 Å². The molecule has 3 heteroatoms. The third-order valence-electron chi connectivity index (χ3n) is 4.13. The van der Waals surface area contributed by atoms with E-state index in [9.17, 15) is 4.79 Å². The molecule has 0 aliphatic heterocycles. The molecular formula is C17H26N2O.